The molecule has 1 N–H and O–H groups in total. The van der Waals surface area contributed by atoms with Crippen LogP contribution in [-0.4, -0.2) is 24.8 Å². The van der Waals surface area contributed by atoms with Crippen molar-refractivity contribution >= 4 is 0 Å². The van der Waals surface area contributed by atoms with E-state index in [1.54, 1.807) is 0 Å². The molecular weight excluding hydrogens is 286 g/mol. The van der Waals surface area contributed by atoms with Crippen LogP contribution in [0.3, 0.4) is 0 Å². The van der Waals surface area contributed by atoms with E-state index in [-0.39, 0.29) is 18.2 Å². The summed E-state index contributed by atoms with van der Waals surface area (Å²) in [5, 5.41) is 3.41. The van der Waals surface area contributed by atoms with Crippen molar-refractivity contribution in [3.63, 3.8) is 0 Å². The zero-order valence-electron chi connectivity index (χ0n) is 13.2. The van der Waals surface area contributed by atoms with Crippen LogP contribution in [0.15, 0.2) is 73.3 Å². The molecule has 0 unspecified atom stereocenters. The Bertz CT molecular complexity index is 600. The van der Waals surface area contributed by atoms with Crippen LogP contribution >= 0.6 is 0 Å². The summed E-state index contributed by atoms with van der Waals surface area (Å²) in [6, 6.07) is 20.6. The number of nitrogens with one attached hydrogen (secondary N) is 1. The van der Waals surface area contributed by atoms with Gasteiger partial charge in [-0.1, -0.05) is 66.7 Å². The second kappa shape index (κ2) is 8.06. The van der Waals surface area contributed by atoms with Crippen molar-refractivity contribution in [1.82, 2.24) is 5.32 Å². The first-order chi connectivity index (χ1) is 11.4. The van der Waals surface area contributed by atoms with Crippen molar-refractivity contribution in [3.8, 4) is 0 Å². The van der Waals surface area contributed by atoms with Crippen molar-refractivity contribution in [3.05, 3.63) is 84.4 Å². The summed E-state index contributed by atoms with van der Waals surface area (Å²) in [5.41, 5.74) is 2.35. The maximum atomic E-state index is 6.13. The fourth-order valence-corrected chi connectivity index (χ4v) is 2.84. The van der Waals surface area contributed by atoms with E-state index in [4.69, 9.17) is 9.47 Å². The largest absolute Gasteiger partial charge is 0.369 e. The van der Waals surface area contributed by atoms with E-state index in [2.05, 4.69) is 36.2 Å². The normalized spacial score (nSPS) is 23.7. The van der Waals surface area contributed by atoms with Gasteiger partial charge in [0.25, 0.3) is 0 Å². The molecular formula is C20H23NO2. The van der Waals surface area contributed by atoms with Gasteiger partial charge in [0.1, 0.15) is 6.10 Å². The highest BCUT2D eigenvalue weighted by Crippen LogP contribution is 2.19. The fourth-order valence-electron chi connectivity index (χ4n) is 2.84. The number of ether oxygens (including phenoxy) is 2. The lowest BCUT2D eigenvalue weighted by Gasteiger charge is -2.23. The van der Waals surface area contributed by atoms with Crippen LogP contribution in [0.2, 0.25) is 0 Å². The maximum absolute atomic E-state index is 6.13. The first-order valence-electron chi connectivity index (χ1n) is 8.04. The van der Waals surface area contributed by atoms with E-state index in [1.165, 1.54) is 11.1 Å². The number of rotatable bonds is 7. The third-order valence-corrected chi connectivity index (χ3v) is 4.12. The average molecular weight is 309 g/mol. The first kappa shape index (κ1) is 15.9. The summed E-state index contributed by atoms with van der Waals surface area (Å²) in [4.78, 5) is 0. The molecule has 1 aliphatic rings. The van der Waals surface area contributed by atoms with Crippen molar-refractivity contribution in [2.45, 2.75) is 31.5 Å². The Balaban J connectivity index is 1.58. The molecule has 0 radical (unpaired) electrons. The Morgan fingerprint density at radius 1 is 0.913 bits per heavy atom. The number of benzene rings is 2. The van der Waals surface area contributed by atoms with E-state index in [1.807, 2.05) is 42.5 Å². The summed E-state index contributed by atoms with van der Waals surface area (Å²) < 4.78 is 12.2. The van der Waals surface area contributed by atoms with Gasteiger partial charge in [-0.05, 0) is 11.1 Å². The van der Waals surface area contributed by atoms with Gasteiger partial charge >= 0.3 is 0 Å². The molecule has 3 nitrogen and oxygen atoms in total. The van der Waals surface area contributed by atoms with Gasteiger partial charge in [0.2, 0.25) is 0 Å². The smallest absolute Gasteiger partial charge is 0.104 e. The van der Waals surface area contributed by atoms with Gasteiger partial charge in [0.15, 0.2) is 0 Å². The molecule has 3 atom stereocenters. The van der Waals surface area contributed by atoms with E-state index >= 15 is 0 Å². The van der Waals surface area contributed by atoms with Gasteiger partial charge in [0, 0.05) is 6.54 Å². The molecule has 0 amide bonds. The maximum Gasteiger partial charge on any atom is 0.104 e. The Labute approximate surface area is 137 Å². The highest BCUT2D eigenvalue weighted by molar-refractivity contribution is 5.15. The second-order valence-electron chi connectivity index (χ2n) is 5.77. The minimum absolute atomic E-state index is 0.0172. The molecule has 3 heteroatoms. The molecule has 23 heavy (non-hydrogen) atoms. The van der Waals surface area contributed by atoms with Crippen LogP contribution in [-0.2, 0) is 22.7 Å². The molecule has 3 rings (SSSR count). The van der Waals surface area contributed by atoms with Gasteiger partial charge in [-0.2, -0.15) is 0 Å². The predicted octanol–water partition coefficient (Wildman–Crippen LogP) is 3.32. The van der Waals surface area contributed by atoms with E-state index in [0.717, 1.165) is 6.54 Å². The van der Waals surface area contributed by atoms with Crippen molar-refractivity contribution in [2.24, 2.45) is 0 Å². The SMILES string of the molecule is C=C[C@@H]1NC[C@H](OCc2ccccc2)[C@H]1OCc1ccccc1. The van der Waals surface area contributed by atoms with Crippen LogP contribution in [0.5, 0.6) is 0 Å². The van der Waals surface area contributed by atoms with Gasteiger partial charge in [0.05, 0.1) is 25.4 Å². The molecule has 1 aliphatic heterocycles. The Morgan fingerprint density at radius 3 is 2.04 bits per heavy atom. The summed E-state index contributed by atoms with van der Waals surface area (Å²) in [5.74, 6) is 0. The molecule has 0 aliphatic carbocycles. The van der Waals surface area contributed by atoms with Gasteiger partial charge in [-0.25, -0.2) is 0 Å². The lowest BCUT2D eigenvalue weighted by Crippen LogP contribution is -2.35. The molecule has 0 bridgehead atoms. The minimum Gasteiger partial charge on any atom is -0.369 e. The Morgan fingerprint density at radius 2 is 1.48 bits per heavy atom. The van der Waals surface area contributed by atoms with E-state index < -0.39 is 0 Å². The van der Waals surface area contributed by atoms with Gasteiger partial charge < -0.3 is 14.8 Å². The summed E-state index contributed by atoms with van der Waals surface area (Å²) in [6.45, 7) is 5.87. The highest BCUT2D eigenvalue weighted by Gasteiger charge is 2.35. The molecule has 0 saturated carbocycles. The number of hydrogen-bond donors (Lipinski definition) is 1. The second-order valence-corrected chi connectivity index (χ2v) is 5.77. The third kappa shape index (κ3) is 4.29. The predicted molar refractivity (Wildman–Crippen MR) is 92.0 cm³/mol. The molecule has 1 fully saturated rings. The quantitative estimate of drug-likeness (QED) is 0.796. The number of hydrogen-bond acceptors (Lipinski definition) is 3. The summed E-state index contributed by atoms with van der Waals surface area (Å²) in [6.07, 6.45) is 1.92. The summed E-state index contributed by atoms with van der Waals surface area (Å²) in [7, 11) is 0. The van der Waals surface area contributed by atoms with Gasteiger partial charge in [-0.3, -0.25) is 0 Å². The van der Waals surface area contributed by atoms with E-state index in [0.29, 0.717) is 13.2 Å². The average Bonchev–Trinajstić information content (AvgIpc) is 3.02. The zero-order valence-corrected chi connectivity index (χ0v) is 13.2. The molecule has 0 spiro atoms. The standard InChI is InChI=1S/C20H23NO2/c1-2-18-20(23-15-17-11-7-4-8-12-17)19(13-21-18)22-14-16-9-5-3-6-10-16/h2-12,18-21H,1,13-15H2/t18-,19-,20-/m0/s1. The van der Waals surface area contributed by atoms with E-state index in [9.17, 15) is 0 Å². The van der Waals surface area contributed by atoms with Crippen molar-refractivity contribution in [2.75, 3.05) is 6.54 Å². The molecule has 1 saturated heterocycles. The first-order valence-corrected chi connectivity index (χ1v) is 8.04. The molecule has 120 valence electrons. The molecule has 1 heterocycles. The lowest BCUT2D eigenvalue weighted by molar-refractivity contribution is -0.0656. The third-order valence-electron chi connectivity index (χ3n) is 4.12. The molecule has 2 aromatic rings. The monoisotopic (exact) mass is 309 g/mol. The summed E-state index contributed by atoms with van der Waals surface area (Å²) >= 11 is 0. The topological polar surface area (TPSA) is 30.5 Å². The van der Waals surface area contributed by atoms with Crippen LogP contribution < -0.4 is 5.32 Å². The fraction of sp³-hybridized carbons (Fsp3) is 0.300. The van der Waals surface area contributed by atoms with Crippen LogP contribution in [0.4, 0.5) is 0 Å². The minimum atomic E-state index is -0.0172. The van der Waals surface area contributed by atoms with Crippen LogP contribution in [0.25, 0.3) is 0 Å². The van der Waals surface area contributed by atoms with Crippen molar-refractivity contribution < 1.29 is 9.47 Å². The Kier molecular flexibility index (Phi) is 5.59. The Hall–Kier alpha value is -1.94. The molecule has 2 aromatic carbocycles. The van der Waals surface area contributed by atoms with Crippen LogP contribution in [0, 0.1) is 0 Å². The van der Waals surface area contributed by atoms with Gasteiger partial charge in [-0.15, -0.1) is 6.58 Å². The molecule has 0 aromatic heterocycles. The zero-order chi connectivity index (χ0) is 15.9. The highest BCUT2D eigenvalue weighted by atomic mass is 16.5. The van der Waals surface area contributed by atoms with Crippen molar-refractivity contribution in [1.29, 1.82) is 0 Å². The van der Waals surface area contributed by atoms with Crippen LogP contribution in [0.1, 0.15) is 11.1 Å². The lowest BCUT2D eigenvalue weighted by atomic mass is 10.1.